The van der Waals surface area contributed by atoms with Crippen LogP contribution in [0.4, 0.5) is 5.13 Å². The summed E-state index contributed by atoms with van der Waals surface area (Å²) in [6, 6.07) is 0. The maximum absolute atomic E-state index is 10.9. The van der Waals surface area contributed by atoms with Crippen molar-refractivity contribution in [1.29, 1.82) is 0 Å². The van der Waals surface area contributed by atoms with Gasteiger partial charge in [-0.05, 0) is 12.8 Å². The lowest BCUT2D eigenvalue weighted by Gasteiger charge is -2.00. The molecular weight excluding hydrogens is 256 g/mol. The van der Waals surface area contributed by atoms with Gasteiger partial charge >= 0.3 is 5.97 Å². The van der Waals surface area contributed by atoms with Crippen LogP contribution in [0.5, 0.6) is 0 Å². The number of anilines is 1. The van der Waals surface area contributed by atoms with Crippen molar-refractivity contribution in [2.45, 2.75) is 32.6 Å². The Balaban J connectivity index is 2.50. The molecule has 0 saturated heterocycles. The number of rotatable bonds is 8. The van der Waals surface area contributed by atoms with E-state index in [4.69, 9.17) is 15.7 Å². The molecule has 0 spiro atoms. The Morgan fingerprint density at radius 3 is 2.83 bits per heavy atom. The second kappa shape index (κ2) is 7.59. The molecule has 1 rings (SSSR count). The van der Waals surface area contributed by atoms with Crippen molar-refractivity contribution in [3.05, 3.63) is 5.82 Å². The quantitative estimate of drug-likeness (QED) is 0.421. The number of carboxylic acid groups (broad SMARTS) is 1. The summed E-state index contributed by atoms with van der Waals surface area (Å²) in [4.78, 5) is 19.7. The zero-order valence-corrected chi connectivity index (χ0v) is 10.9. The number of nitrogens with zero attached hydrogens (tertiary/aromatic N) is 3. The predicted octanol–water partition coefficient (Wildman–Crippen LogP) is 1.51. The highest BCUT2D eigenvalue weighted by Gasteiger charge is 2.18. The smallest absolute Gasteiger partial charge is 0.362 e. The van der Waals surface area contributed by atoms with Crippen LogP contribution >= 0.6 is 11.5 Å². The molecule has 1 aromatic heterocycles. The highest BCUT2D eigenvalue weighted by Crippen LogP contribution is 2.07. The molecule has 0 fully saturated rings. The molecule has 8 heteroatoms. The number of hydrogen-bond acceptors (Lipinski definition) is 7. The fourth-order valence-electron chi connectivity index (χ4n) is 1.21. The summed E-state index contributed by atoms with van der Waals surface area (Å²) >= 11 is 0.917. The van der Waals surface area contributed by atoms with Crippen LogP contribution in [0.25, 0.3) is 0 Å². The number of carbonyl (C=O) groups is 1. The first-order valence-corrected chi connectivity index (χ1v) is 6.45. The van der Waals surface area contributed by atoms with Crippen molar-refractivity contribution >= 4 is 28.3 Å². The van der Waals surface area contributed by atoms with Crippen molar-refractivity contribution in [2.24, 2.45) is 5.16 Å². The average molecular weight is 272 g/mol. The van der Waals surface area contributed by atoms with E-state index in [1.54, 1.807) is 0 Å². The van der Waals surface area contributed by atoms with Gasteiger partial charge < -0.3 is 15.7 Å². The third kappa shape index (κ3) is 4.66. The monoisotopic (exact) mass is 272 g/mol. The molecule has 0 aliphatic heterocycles. The lowest BCUT2D eigenvalue weighted by molar-refractivity contribution is -0.129. The Morgan fingerprint density at radius 2 is 2.28 bits per heavy atom. The first kappa shape index (κ1) is 14.4. The van der Waals surface area contributed by atoms with Crippen molar-refractivity contribution in [3.63, 3.8) is 0 Å². The van der Waals surface area contributed by atoms with Crippen LogP contribution in [0, 0.1) is 0 Å². The largest absolute Gasteiger partial charge is 0.476 e. The Morgan fingerprint density at radius 1 is 1.50 bits per heavy atom. The summed E-state index contributed by atoms with van der Waals surface area (Å²) in [6.45, 7) is 2.50. The second-order valence-corrected chi connectivity index (χ2v) is 4.38. The zero-order chi connectivity index (χ0) is 13.4. The summed E-state index contributed by atoms with van der Waals surface area (Å²) in [5, 5.41) is 12.7. The molecule has 1 aromatic rings. The van der Waals surface area contributed by atoms with Gasteiger partial charge in [0.05, 0.1) is 0 Å². The summed E-state index contributed by atoms with van der Waals surface area (Å²) in [5.41, 5.74) is 5.06. The first-order valence-electron chi connectivity index (χ1n) is 5.68. The highest BCUT2D eigenvalue weighted by atomic mass is 32.1. The van der Waals surface area contributed by atoms with E-state index < -0.39 is 5.97 Å². The molecule has 0 saturated carbocycles. The Bertz CT molecular complexity index is 419. The number of nitrogens with two attached hydrogens (primary N) is 1. The lowest BCUT2D eigenvalue weighted by atomic mass is 10.2. The van der Waals surface area contributed by atoms with E-state index in [1.165, 1.54) is 0 Å². The minimum atomic E-state index is -1.23. The Labute approximate surface area is 109 Å². The van der Waals surface area contributed by atoms with Crippen LogP contribution in [-0.4, -0.2) is 32.8 Å². The Kier molecular flexibility index (Phi) is 6.06. The summed E-state index contributed by atoms with van der Waals surface area (Å²) < 4.78 is 3.78. The van der Waals surface area contributed by atoms with Gasteiger partial charge in [-0.25, -0.2) is 4.79 Å². The fraction of sp³-hybridized carbons (Fsp3) is 0.600. The van der Waals surface area contributed by atoms with E-state index in [-0.39, 0.29) is 16.7 Å². The normalized spacial score (nSPS) is 11.5. The molecule has 0 aromatic carbocycles. The highest BCUT2D eigenvalue weighted by molar-refractivity contribution is 7.09. The SMILES string of the molecule is CCCCCCON=C(C(=O)O)c1nsc(N)n1. The van der Waals surface area contributed by atoms with Gasteiger partial charge in [0.15, 0.2) is 5.13 Å². The summed E-state index contributed by atoms with van der Waals surface area (Å²) in [5.74, 6) is -1.25. The van der Waals surface area contributed by atoms with E-state index in [1.807, 2.05) is 0 Å². The van der Waals surface area contributed by atoms with Crippen LogP contribution in [0.1, 0.15) is 38.4 Å². The molecule has 0 unspecified atom stereocenters. The molecule has 0 amide bonds. The van der Waals surface area contributed by atoms with Gasteiger partial charge in [-0.3, -0.25) is 0 Å². The van der Waals surface area contributed by atoms with E-state index in [0.717, 1.165) is 37.2 Å². The van der Waals surface area contributed by atoms with Crippen LogP contribution in [-0.2, 0) is 9.63 Å². The van der Waals surface area contributed by atoms with Gasteiger partial charge in [0.1, 0.15) is 6.61 Å². The van der Waals surface area contributed by atoms with Crippen LogP contribution in [0.15, 0.2) is 5.16 Å². The number of unbranched alkanes of at least 4 members (excludes halogenated alkanes) is 3. The molecule has 3 N–H and O–H groups in total. The van der Waals surface area contributed by atoms with Crippen molar-refractivity contribution in [1.82, 2.24) is 9.36 Å². The zero-order valence-electron chi connectivity index (χ0n) is 10.1. The predicted molar refractivity (Wildman–Crippen MR) is 68.6 cm³/mol. The minimum Gasteiger partial charge on any atom is -0.476 e. The van der Waals surface area contributed by atoms with E-state index in [9.17, 15) is 4.79 Å². The van der Waals surface area contributed by atoms with Gasteiger partial charge in [-0.15, -0.1) is 0 Å². The molecule has 0 radical (unpaired) electrons. The summed E-state index contributed by atoms with van der Waals surface area (Å²) in [7, 11) is 0. The maximum Gasteiger partial charge on any atom is 0.362 e. The number of hydrogen-bond donors (Lipinski definition) is 2. The minimum absolute atomic E-state index is 0.0152. The second-order valence-electron chi connectivity index (χ2n) is 3.60. The number of oxime groups is 1. The molecule has 1 heterocycles. The average Bonchev–Trinajstić information content (AvgIpc) is 2.74. The van der Waals surface area contributed by atoms with Gasteiger partial charge in [-0.2, -0.15) is 9.36 Å². The summed E-state index contributed by atoms with van der Waals surface area (Å²) in [6.07, 6.45) is 4.14. The van der Waals surface area contributed by atoms with Crippen LogP contribution in [0.2, 0.25) is 0 Å². The van der Waals surface area contributed by atoms with Crippen molar-refractivity contribution < 1.29 is 14.7 Å². The topological polar surface area (TPSA) is 111 Å². The van der Waals surface area contributed by atoms with Gasteiger partial charge in [0.2, 0.25) is 11.5 Å². The number of nitrogen functional groups attached to an aromatic ring is 1. The van der Waals surface area contributed by atoms with Crippen molar-refractivity contribution in [2.75, 3.05) is 12.3 Å². The van der Waals surface area contributed by atoms with Gasteiger partial charge in [-0.1, -0.05) is 24.9 Å². The molecule has 18 heavy (non-hydrogen) atoms. The third-order valence-electron chi connectivity index (χ3n) is 2.10. The standard InChI is InChI=1S/C10H16N4O3S/c1-2-3-4-5-6-17-13-7(9(15)16)8-12-10(11)18-14-8/h2-6H2,1H3,(H,15,16)(H2,11,12,14). The molecule has 0 atom stereocenters. The van der Waals surface area contributed by atoms with Crippen LogP contribution < -0.4 is 5.73 Å². The maximum atomic E-state index is 10.9. The molecular formula is C10H16N4O3S. The number of carboxylic acids is 1. The molecule has 0 aliphatic carbocycles. The van der Waals surface area contributed by atoms with Gasteiger partial charge in [0, 0.05) is 11.5 Å². The number of aliphatic carboxylic acids is 1. The van der Waals surface area contributed by atoms with E-state index in [0.29, 0.717) is 6.61 Å². The first-order chi connectivity index (χ1) is 8.65. The molecule has 7 nitrogen and oxygen atoms in total. The van der Waals surface area contributed by atoms with Gasteiger partial charge in [0.25, 0.3) is 0 Å². The van der Waals surface area contributed by atoms with Crippen molar-refractivity contribution in [3.8, 4) is 0 Å². The van der Waals surface area contributed by atoms with Crippen LogP contribution in [0.3, 0.4) is 0 Å². The molecule has 100 valence electrons. The third-order valence-corrected chi connectivity index (χ3v) is 2.64. The fourth-order valence-corrected chi connectivity index (χ4v) is 1.65. The van der Waals surface area contributed by atoms with E-state index in [2.05, 4.69) is 21.4 Å². The molecule has 0 aliphatic rings. The Hall–Kier alpha value is -1.70. The van der Waals surface area contributed by atoms with E-state index >= 15 is 0 Å². The lowest BCUT2D eigenvalue weighted by Crippen LogP contribution is -2.17. The number of aromatic nitrogens is 2. The molecule has 0 bridgehead atoms.